The van der Waals surface area contributed by atoms with Crippen molar-refractivity contribution in [3.63, 3.8) is 0 Å². The maximum Gasteiger partial charge on any atom is 0.228 e. The molecule has 0 radical (unpaired) electrons. The lowest BCUT2D eigenvalue weighted by molar-refractivity contribution is -0.120. The van der Waals surface area contributed by atoms with Crippen LogP contribution in [0.2, 0.25) is 0 Å². The number of hydrogen-bond donors (Lipinski definition) is 3. The van der Waals surface area contributed by atoms with Gasteiger partial charge in [-0.15, -0.1) is 0 Å². The van der Waals surface area contributed by atoms with Crippen LogP contribution < -0.4 is 11.1 Å². The second-order valence-corrected chi connectivity index (χ2v) is 4.47. The van der Waals surface area contributed by atoms with Crippen LogP contribution in [0, 0.1) is 5.92 Å². The van der Waals surface area contributed by atoms with Crippen molar-refractivity contribution in [1.29, 1.82) is 0 Å². The van der Waals surface area contributed by atoms with Crippen LogP contribution >= 0.6 is 0 Å². The topological polar surface area (TPSA) is 88.2 Å². The van der Waals surface area contributed by atoms with Crippen molar-refractivity contribution in [3.8, 4) is 5.75 Å². The Hall–Kier alpha value is -1.62. The second-order valence-electron chi connectivity index (χ2n) is 4.47. The van der Waals surface area contributed by atoms with Gasteiger partial charge in [-0.2, -0.15) is 0 Å². The molecular formula is C12H17N3O2. The molecule has 17 heavy (non-hydrogen) atoms. The van der Waals surface area contributed by atoms with Gasteiger partial charge < -0.3 is 16.2 Å². The van der Waals surface area contributed by atoms with Gasteiger partial charge in [-0.05, 0) is 37.8 Å². The molecule has 0 spiro atoms. The summed E-state index contributed by atoms with van der Waals surface area (Å²) in [5.41, 5.74) is 5.79. The lowest BCUT2D eigenvalue weighted by Crippen LogP contribution is -2.32. The number of aromatic nitrogens is 1. The van der Waals surface area contributed by atoms with Crippen LogP contribution in [0.25, 0.3) is 0 Å². The van der Waals surface area contributed by atoms with Crippen molar-refractivity contribution in [2.75, 3.05) is 5.32 Å². The van der Waals surface area contributed by atoms with Crippen LogP contribution in [0.3, 0.4) is 0 Å². The molecule has 5 heteroatoms. The number of pyridine rings is 1. The molecule has 1 aliphatic rings. The Bertz CT molecular complexity index is 400. The average Bonchev–Trinajstić information content (AvgIpc) is 2.33. The van der Waals surface area contributed by atoms with Crippen LogP contribution in [0.4, 0.5) is 5.82 Å². The smallest absolute Gasteiger partial charge is 0.228 e. The van der Waals surface area contributed by atoms with Gasteiger partial charge in [-0.1, -0.05) is 0 Å². The quantitative estimate of drug-likeness (QED) is 0.719. The summed E-state index contributed by atoms with van der Waals surface area (Å²) in [6.07, 6.45) is 4.91. The summed E-state index contributed by atoms with van der Waals surface area (Å²) < 4.78 is 0. The lowest BCUT2D eigenvalue weighted by Gasteiger charge is -2.24. The molecule has 0 unspecified atom stereocenters. The fraction of sp³-hybridized carbons (Fsp3) is 0.500. The Morgan fingerprint density at radius 2 is 2.12 bits per heavy atom. The maximum absolute atomic E-state index is 11.9. The first-order valence-corrected chi connectivity index (χ1v) is 5.87. The molecule has 0 aromatic carbocycles. The fourth-order valence-corrected chi connectivity index (χ4v) is 2.09. The summed E-state index contributed by atoms with van der Waals surface area (Å²) in [4.78, 5) is 15.8. The van der Waals surface area contributed by atoms with E-state index in [9.17, 15) is 9.90 Å². The van der Waals surface area contributed by atoms with Gasteiger partial charge in [0.1, 0.15) is 0 Å². The number of amides is 1. The number of hydrogen-bond acceptors (Lipinski definition) is 4. The monoisotopic (exact) mass is 235 g/mol. The van der Waals surface area contributed by atoms with Crippen LogP contribution in [-0.2, 0) is 4.79 Å². The number of carbonyl (C=O) groups is 1. The number of anilines is 1. The van der Waals surface area contributed by atoms with E-state index in [1.54, 1.807) is 6.07 Å². The zero-order chi connectivity index (χ0) is 12.3. The van der Waals surface area contributed by atoms with Crippen molar-refractivity contribution >= 4 is 11.7 Å². The highest BCUT2D eigenvalue weighted by Crippen LogP contribution is 2.26. The van der Waals surface area contributed by atoms with E-state index in [0.717, 1.165) is 25.7 Å². The average molecular weight is 235 g/mol. The van der Waals surface area contributed by atoms with Crippen molar-refractivity contribution in [2.24, 2.45) is 11.7 Å². The van der Waals surface area contributed by atoms with Gasteiger partial charge in [-0.25, -0.2) is 4.98 Å². The largest absolute Gasteiger partial charge is 0.504 e. The van der Waals surface area contributed by atoms with Gasteiger partial charge in [0.15, 0.2) is 11.6 Å². The molecule has 1 aliphatic carbocycles. The summed E-state index contributed by atoms with van der Waals surface area (Å²) in [5.74, 6) is 0.128. The van der Waals surface area contributed by atoms with E-state index in [2.05, 4.69) is 10.3 Å². The second kappa shape index (κ2) is 5.14. The molecular weight excluding hydrogens is 218 g/mol. The van der Waals surface area contributed by atoms with Gasteiger partial charge in [0.05, 0.1) is 0 Å². The van der Waals surface area contributed by atoms with Gasteiger partial charge in [0.2, 0.25) is 5.91 Å². The van der Waals surface area contributed by atoms with E-state index in [1.165, 1.54) is 12.3 Å². The molecule has 1 aromatic rings. The highest BCUT2D eigenvalue weighted by atomic mass is 16.3. The Morgan fingerprint density at radius 1 is 1.41 bits per heavy atom. The Labute approximate surface area is 100 Å². The number of nitrogens with one attached hydrogen (secondary N) is 1. The zero-order valence-corrected chi connectivity index (χ0v) is 9.60. The summed E-state index contributed by atoms with van der Waals surface area (Å²) in [7, 11) is 0. The van der Waals surface area contributed by atoms with E-state index in [0.29, 0.717) is 0 Å². The molecule has 1 aromatic heterocycles. The van der Waals surface area contributed by atoms with Crippen LogP contribution in [0.15, 0.2) is 18.3 Å². The number of nitrogens with two attached hydrogens (primary N) is 1. The predicted molar refractivity (Wildman–Crippen MR) is 64.5 cm³/mol. The molecule has 0 aliphatic heterocycles. The summed E-state index contributed by atoms with van der Waals surface area (Å²) >= 11 is 0. The van der Waals surface area contributed by atoms with Gasteiger partial charge in [-0.3, -0.25) is 4.79 Å². The molecule has 92 valence electrons. The third-order valence-corrected chi connectivity index (χ3v) is 3.17. The lowest BCUT2D eigenvalue weighted by atomic mass is 9.86. The minimum atomic E-state index is -0.0779. The molecule has 1 heterocycles. The molecule has 1 fully saturated rings. The van der Waals surface area contributed by atoms with E-state index in [-0.39, 0.29) is 29.4 Å². The minimum absolute atomic E-state index is 0.00615. The maximum atomic E-state index is 11.9. The number of rotatable bonds is 2. The summed E-state index contributed by atoms with van der Waals surface area (Å²) in [5, 5.41) is 12.2. The van der Waals surface area contributed by atoms with Gasteiger partial charge >= 0.3 is 0 Å². The number of nitrogens with zero attached hydrogens (tertiary/aromatic N) is 1. The standard InChI is InChI=1S/C12H17N3O2/c13-9-5-3-8(4-6-9)12(17)15-11-10(16)2-1-7-14-11/h1-2,7-9,16H,3-6,13H2,(H,14,15,17). The molecule has 0 saturated heterocycles. The van der Waals surface area contributed by atoms with Crippen LogP contribution in [-0.4, -0.2) is 22.0 Å². The highest BCUT2D eigenvalue weighted by molar-refractivity contribution is 5.92. The van der Waals surface area contributed by atoms with Gasteiger partial charge in [0, 0.05) is 18.2 Å². The van der Waals surface area contributed by atoms with Gasteiger partial charge in [0.25, 0.3) is 0 Å². The van der Waals surface area contributed by atoms with Crippen molar-refractivity contribution in [3.05, 3.63) is 18.3 Å². The van der Waals surface area contributed by atoms with E-state index in [1.807, 2.05) is 0 Å². The molecule has 1 amide bonds. The van der Waals surface area contributed by atoms with E-state index < -0.39 is 0 Å². The third-order valence-electron chi connectivity index (χ3n) is 3.17. The highest BCUT2D eigenvalue weighted by Gasteiger charge is 2.25. The van der Waals surface area contributed by atoms with Crippen molar-refractivity contribution in [2.45, 2.75) is 31.7 Å². The minimum Gasteiger partial charge on any atom is -0.504 e. The number of aromatic hydroxyl groups is 1. The predicted octanol–water partition coefficient (Wildman–Crippen LogP) is 1.24. The first-order chi connectivity index (χ1) is 8.16. The molecule has 4 N–H and O–H groups in total. The third kappa shape index (κ3) is 2.94. The normalized spacial score (nSPS) is 24.3. The molecule has 0 bridgehead atoms. The Balaban J connectivity index is 1.95. The van der Waals surface area contributed by atoms with Crippen molar-refractivity contribution in [1.82, 2.24) is 4.98 Å². The molecule has 5 nitrogen and oxygen atoms in total. The SMILES string of the molecule is NC1CCC(C(=O)Nc2ncccc2O)CC1. The van der Waals surface area contributed by atoms with Crippen LogP contribution in [0.1, 0.15) is 25.7 Å². The fourth-order valence-electron chi connectivity index (χ4n) is 2.09. The van der Waals surface area contributed by atoms with E-state index in [4.69, 9.17) is 5.73 Å². The number of carbonyl (C=O) groups excluding carboxylic acids is 1. The van der Waals surface area contributed by atoms with Crippen LogP contribution in [0.5, 0.6) is 5.75 Å². The first kappa shape index (κ1) is 11.9. The zero-order valence-electron chi connectivity index (χ0n) is 9.60. The first-order valence-electron chi connectivity index (χ1n) is 5.87. The molecule has 2 rings (SSSR count). The van der Waals surface area contributed by atoms with Crippen molar-refractivity contribution < 1.29 is 9.90 Å². The molecule has 1 saturated carbocycles. The molecule has 0 atom stereocenters. The summed E-state index contributed by atoms with van der Waals surface area (Å²) in [6.45, 7) is 0. The van der Waals surface area contributed by atoms with E-state index >= 15 is 0 Å². The Kier molecular flexibility index (Phi) is 3.58. The Morgan fingerprint density at radius 3 is 2.76 bits per heavy atom. The summed E-state index contributed by atoms with van der Waals surface area (Å²) in [6, 6.07) is 3.34.